The molecule has 0 aliphatic carbocycles. The summed E-state index contributed by atoms with van der Waals surface area (Å²) in [6, 6.07) is 5.93. The number of benzene rings is 1. The van der Waals surface area contributed by atoms with Crippen molar-refractivity contribution in [2.75, 3.05) is 13.2 Å². The van der Waals surface area contributed by atoms with Crippen molar-refractivity contribution < 1.29 is 9.90 Å². The predicted octanol–water partition coefficient (Wildman–Crippen LogP) is 2.68. The molecule has 1 unspecified atom stereocenters. The fourth-order valence-electron chi connectivity index (χ4n) is 2.90. The van der Waals surface area contributed by atoms with Crippen LogP contribution >= 0.6 is 0 Å². The molecule has 1 aliphatic heterocycles. The molecule has 1 aromatic carbocycles. The number of carbonyl (C=O) groups excluding carboxylic acids is 1. The van der Waals surface area contributed by atoms with Crippen LogP contribution in [0.1, 0.15) is 47.2 Å². The molecule has 2 rings (SSSR count). The average Bonchev–Trinajstić information content (AvgIpc) is 2.61. The van der Waals surface area contributed by atoms with Crippen LogP contribution in [0.5, 0.6) is 0 Å². The van der Waals surface area contributed by atoms with Crippen molar-refractivity contribution >= 4 is 5.91 Å². The minimum atomic E-state index is -0.0178. The largest absolute Gasteiger partial charge is 0.394 e. The Labute approximate surface area is 115 Å². The highest BCUT2D eigenvalue weighted by molar-refractivity contribution is 5.94. The summed E-state index contributed by atoms with van der Waals surface area (Å²) in [4.78, 5) is 14.5. The SMILES string of the molecule is Cc1cc(C)cc(C(=O)N2CCCCCC2CO)c1. The van der Waals surface area contributed by atoms with Crippen molar-refractivity contribution in [2.24, 2.45) is 0 Å². The van der Waals surface area contributed by atoms with Crippen LogP contribution in [-0.4, -0.2) is 35.1 Å². The highest BCUT2D eigenvalue weighted by atomic mass is 16.3. The monoisotopic (exact) mass is 261 g/mol. The second-order valence-corrected chi connectivity index (χ2v) is 5.56. The lowest BCUT2D eigenvalue weighted by Gasteiger charge is -2.29. The zero-order valence-corrected chi connectivity index (χ0v) is 11.9. The molecule has 0 aromatic heterocycles. The van der Waals surface area contributed by atoms with Crippen LogP contribution in [0.3, 0.4) is 0 Å². The van der Waals surface area contributed by atoms with Gasteiger partial charge in [0.1, 0.15) is 0 Å². The Morgan fingerprint density at radius 1 is 1.21 bits per heavy atom. The first kappa shape index (κ1) is 14.1. The van der Waals surface area contributed by atoms with Gasteiger partial charge in [-0.3, -0.25) is 4.79 Å². The van der Waals surface area contributed by atoms with Crippen LogP contribution in [0.4, 0.5) is 0 Å². The maximum absolute atomic E-state index is 12.6. The third-order valence-corrected chi connectivity index (χ3v) is 3.82. The van der Waals surface area contributed by atoms with E-state index in [1.807, 2.05) is 30.9 Å². The molecule has 0 spiro atoms. The van der Waals surface area contributed by atoms with Crippen molar-refractivity contribution in [2.45, 2.75) is 45.6 Å². The first-order valence-electron chi connectivity index (χ1n) is 7.12. The number of likely N-dealkylation sites (tertiary alicyclic amines) is 1. The fourth-order valence-corrected chi connectivity index (χ4v) is 2.90. The van der Waals surface area contributed by atoms with E-state index >= 15 is 0 Å². The molecule has 1 aliphatic rings. The van der Waals surface area contributed by atoms with Crippen LogP contribution in [0.15, 0.2) is 18.2 Å². The maximum atomic E-state index is 12.6. The van der Waals surface area contributed by atoms with E-state index in [1.165, 1.54) is 0 Å². The van der Waals surface area contributed by atoms with E-state index in [1.54, 1.807) is 0 Å². The first-order chi connectivity index (χ1) is 9.11. The molecule has 1 fully saturated rings. The molecule has 1 aromatic rings. The van der Waals surface area contributed by atoms with Crippen molar-refractivity contribution in [1.29, 1.82) is 0 Å². The molecule has 3 heteroatoms. The number of hydrogen-bond donors (Lipinski definition) is 1. The van der Waals surface area contributed by atoms with Gasteiger partial charge in [0.2, 0.25) is 0 Å². The highest BCUT2D eigenvalue weighted by Gasteiger charge is 2.25. The number of carbonyl (C=O) groups is 1. The average molecular weight is 261 g/mol. The fraction of sp³-hybridized carbons (Fsp3) is 0.562. The number of hydrogen-bond acceptors (Lipinski definition) is 2. The quantitative estimate of drug-likeness (QED) is 0.889. The van der Waals surface area contributed by atoms with E-state index in [2.05, 4.69) is 6.07 Å². The van der Waals surface area contributed by atoms with Gasteiger partial charge in [-0.15, -0.1) is 0 Å². The molecule has 0 bridgehead atoms. The summed E-state index contributed by atoms with van der Waals surface area (Å²) in [6.07, 6.45) is 4.19. The number of aliphatic hydroxyl groups is 1. The van der Waals surface area contributed by atoms with Crippen molar-refractivity contribution in [1.82, 2.24) is 4.90 Å². The molecule has 19 heavy (non-hydrogen) atoms. The van der Waals surface area contributed by atoms with Crippen LogP contribution in [0.25, 0.3) is 0 Å². The summed E-state index contributed by atoms with van der Waals surface area (Å²) >= 11 is 0. The van der Waals surface area contributed by atoms with Crippen molar-refractivity contribution in [3.63, 3.8) is 0 Å². The summed E-state index contributed by atoms with van der Waals surface area (Å²) in [5.74, 6) is 0.0627. The van der Waals surface area contributed by atoms with E-state index < -0.39 is 0 Å². The number of rotatable bonds is 2. The zero-order chi connectivity index (χ0) is 13.8. The van der Waals surface area contributed by atoms with E-state index in [9.17, 15) is 9.90 Å². The molecule has 1 atom stereocenters. The lowest BCUT2D eigenvalue weighted by atomic mass is 10.0. The molecule has 1 N–H and O–H groups in total. The Kier molecular flexibility index (Phi) is 4.59. The van der Waals surface area contributed by atoms with Gasteiger partial charge in [0.05, 0.1) is 12.6 Å². The lowest BCUT2D eigenvalue weighted by Crippen LogP contribution is -2.42. The molecular formula is C16H23NO2. The van der Waals surface area contributed by atoms with Gasteiger partial charge in [0.25, 0.3) is 5.91 Å². The standard InChI is InChI=1S/C16H23NO2/c1-12-8-13(2)10-14(9-12)16(19)17-7-5-3-4-6-15(17)11-18/h8-10,15,18H,3-7,11H2,1-2H3. The summed E-state index contributed by atoms with van der Waals surface area (Å²) < 4.78 is 0. The van der Waals surface area contributed by atoms with Gasteiger partial charge in [-0.1, -0.05) is 30.0 Å². The van der Waals surface area contributed by atoms with Crippen LogP contribution in [0, 0.1) is 13.8 Å². The summed E-state index contributed by atoms with van der Waals surface area (Å²) in [5, 5.41) is 9.50. The smallest absolute Gasteiger partial charge is 0.254 e. The van der Waals surface area contributed by atoms with Gasteiger partial charge in [-0.05, 0) is 38.8 Å². The molecule has 1 amide bonds. The van der Waals surface area contributed by atoms with Gasteiger partial charge in [-0.2, -0.15) is 0 Å². The van der Waals surface area contributed by atoms with Gasteiger partial charge in [0, 0.05) is 12.1 Å². The predicted molar refractivity (Wildman–Crippen MR) is 76.3 cm³/mol. The normalized spacial score (nSPS) is 20.2. The Bertz CT molecular complexity index is 436. The van der Waals surface area contributed by atoms with Gasteiger partial charge < -0.3 is 10.0 Å². The third kappa shape index (κ3) is 3.35. The third-order valence-electron chi connectivity index (χ3n) is 3.82. The Morgan fingerprint density at radius 2 is 1.89 bits per heavy atom. The van der Waals surface area contributed by atoms with E-state index in [0.29, 0.717) is 0 Å². The summed E-state index contributed by atoms with van der Waals surface area (Å²) in [6.45, 7) is 4.85. The molecule has 1 saturated heterocycles. The van der Waals surface area contributed by atoms with Gasteiger partial charge >= 0.3 is 0 Å². The Hall–Kier alpha value is -1.35. The molecule has 0 saturated carbocycles. The summed E-state index contributed by atoms with van der Waals surface area (Å²) in [5.41, 5.74) is 2.97. The van der Waals surface area contributed by atoms with Crippen LogP contribution in [-0.2, 0) is 0 Å². The molecule has 3 nitrogen and oxygen atoms in total. The second kappa shape index (κ2) is 6.20. The molecular weight excluding hydrogens is 238 g/mol. The minimum absolute atomic E-state index is 0.0178. The van der Waals surface area contributed by atoms with Crippen LogP contribution < -0.4 is 0 Å². The topological polar surface area (TPSA) is 40.5 Å². The highest BCUT2D eigenvalue weighted by Crippen LogP contribution is 2.20. The molecule has 104 valence electrons. The Morgan fingerprint density at radius 3 is 2.53 bits per heavy atom. The summed E-state index contributed by atoms with van der Waals surface area (Å²) in [7, 11) is 0. The maximum Gasteiger partial charge on any atom is 0.254 e. The van der Waals surface area contributed by atoms with E-state index in [-0.39, 0.29) is 18.6 Å². The molecule has 1 heterocycles. The second-order valence-electron chi connectivity index (χ2n) is 5.56. The van der Waals surface area contributed by atoms with Crippen molar-refractivity contribution in [3.8, 4) is 0 Å². The van der Waals surface area contributed by atoms with Crippen LogP contribution in [0.2, 0.25) is 0 Å². The minimum Gasteiger partial charge on any atom is -0.394 e. The lowest BCUT2D eigenvalue weighted by molar-refractivity contribution is 0.0599. The van der Waals surface area contributed by atoms with E-state index in [0.717, 1.165) is 48.9 Å². The first-order valence-corrected chi connectivity index (χ1v) is 7.12. The van der Waals surface area contributed by atoms with Crippen molar-refractivity contribution in [3.05, 3.63) is 34.9 Å². The Balaban J connectivity index is 2.25. The number of nitrogens with zero attached hydrogens (tertiary/aromatic N) is 1. The number of aryl methyl sites for hydroxylation is 2. The molecule has 0 radical (unpaired) electrons. The number of aliphatic hydroxyl groups excluding tert-OH is 1. The number of amides is 1. The van der Waals surface area contributed by atoms with Gasteiger partial charge in [0.15, 0.2) is 0 Å². The zero-order valence-electron chi connectivity index (χ0n) is 11.9. The van der Waals surface area contributed by atoms with E-state index in [4.69, 9.17) is 0 Å². The van der Waals surface area contributed by atoms with Gasteiger partial charge in [-0.25, -0.2) is 0 Å².